The molecule has 21 heavy (non-hydrogen) atoms. The molecular formula is C18H19FO2. The molecule has 0 fully saturated rings. The van der Waals surface area contributed by atoms with E-state index in [0.29, 0.717) is 19.0 Å². The number of ether oxygens (including phenoxy) is 2. The van der Waals surface area contributed by atoms with Crippen molar-refractivity contribution in [3.05, 3.63) is 66.5 Å². The predicted octanol–water partition coefficient (Wildman–Crippen LogP) is 4.71. The fourth-order valence-electron chi connectivity index (χ4n) is 1.84. The van der Waals surface area contributed by atoms with Crippen LogP contribution in [0, 0.1) is 5.82 Å². The summed E-state index contributed by atoms with van der Waals surface area (Å²) in [5.41, 5.74) is 1.07. The molecule has 0 aliphatic rings. The maximum atomic E-state index is 13.3. The van der Waals surface area contributed by atoms with Crippen molar-refractivity contribution in [3.63, 3.8) is 0 Å². The van der Waals surface area contributed by atoms with Crippen LogP contribution >= 0.6 is 0 Å². The van der Waals surface area contributed by atoms with Gasteiger partial charge in [-0.15, -0.1) is 0 Å². The largest absolute Gasteiger partial charge is 0.494 e. The van der Waals surface area contributed by atoms with Crippen LogP contribution in [-0.4, -0.2) is 13.2 Å². The average Bonchev–Trinajstić information content (AvgIpc) is 2.53. The van der Waals surface area contributed by atoms with E-state index in [4.69, 9.17) is 9.47 Å². The Hall–Kier alpha value is -2.29. The standard InChI is InChI=1S/C18H19FO2/c1-2-15-9-11-16(12-10-15)20-13-5-6-14-21-18-8-4-3-7-17(18)19/h2-4,7-12H,1,5-6,13-14H2. The topological polar surface area (TPSA) is 18.5 Å². The zero-order valence-corrected chi connectivity index (χ0v) is 11.9. The van der Waals surface area contributed by atoms with Crippen LogP contribution in [0.3, 0.4) is 0 Å². The van der Waals surface area contributed by atoms with Crippen molar-refractivity contribution in [1.29, 1.82) is 0 Å². The number of rotatable bonds is 8. The van der Waals surface area contributed by atoms with E-state index in [1.807, 2.05) is 24.3 Å². The molecule has 2 rings (SSSR count). The van der Waals surface area contributed by atoms with Gasteiger partial charge in [-0.25, -0.2) is 4.39 Å². The number of hydrogen-bond acceptors (Lipinski definition) is 2. The SMILES string of the molecule is C=Cc1ccc(OCCCCOc2ccccc2F)cc1. The van der Waals surface area contributed by atoms with E-state index in [1.165, 1.54) is 6.07 Å². The van der Waals surface area contributed by atoms with Crippen LogP contribution in [0.5, 0.6) is 11.5 Å². The molecule has 0 bridgehead atoms. The molecule has 0 radical (unpaired) electrons. The van der Waals surface area contributed by atoms with Gasteiger partial charge in [-0.3, -0.25) is 0 Å². The van der Waals surface area contributed by atoms with Gasteiger partial charge in [0.05, 0.1) is 13.2 Å². The molecule has 110 valence electrons. The first-order chi connectivity index (χ1) is 10.3. The molecule has 0 saturated carbocycles. The summed E-state index contributed by atoms with van der Waals surface area (Å²) >= 11 is 0. The van der Waals surface area contributed by atoms with E-state index >= 15 is 0 Å². The first-order valence-corrected chi connectivity index (χ1v) is 7.02. The monoisotopic (exact) mass is 286 g/mol. The van der Waals surface area contributed by atoms with Gasteiger partial charge < -0.3 is 9.47 Å². The summed E-state index contributed by atoms with van der Waals surface area (Å²) in [7, 11) is 0. The zero-order valence-electron chi connectivity index (χ0n) is 11.9. The van der Waals surface area contributed by atoms with Gasteiger partial charge in [-0.1, -0.05) is 36.9 Å². The van der Waals surface area contributed by atoms with Gasteiger partial charge in [0.15, 0.2) is 11.6 Å². The van der Waals surface area contributed by atoms with Crippen LogP contribution in [0.15, 0.2) is 55.1 Å². The van der Waals surface area contributed by atoms with E-state index in [-0.39, 0.29) is 5.82 Å². The Morgan fingerprint density at radius 3 is 2.24 bits per heavy atom. The van der Waals surface area contributed by atoms with Crippen molar-refractivity contribution in [2.45, 2.75) is 12.8 Å². The van der Waals surface area contributed by atoms with Crippen molar-refractivity contribution in [2.24, 2.45) is 0 Å². The first kappa shape index (κ1) is 15.1. The summed E-state index contributed by atoms with van der Waals surface area (Å²) in [6.45, 7) is 4.81. The van der Waals surface area contributed by atoms with Crippen LogP contribution in [0.1, 0.15) is 18.4 Å². The fraction of sp³-hybridized carbons (Fsp3) is 0.222. The summed E-state index contributed by atoms with van der Waals surface area (Å²) in [4.78, 5) is 0. The highest BCUT2D eigenvalue weighted by Crippen LogP contribution is 2.16. The molecular weight excluding hydrogens is 267 g/mol. The lowest BCUT2D eigenvalue weighted by Gasteiger charge is -2.08. The van der Waals surface area contributed by atoms with Gasteiger partial charge in [-0.2, -0.15) is 0 Å². The van der Waals surface area contributed by atoms with Crippen LogP contribution < -0.4 is 9.47 Å². The smallest absolute Gasteiger partial charge is 0.165 e. The Balaban J connectivity index is 1.61. The quantitative estimate of drug-likeness (QED) is 0.654. The Kier molecular flexibility index (Phi) is 5.83. The molecule has 0 atom stereocenters. The zero-order chi connectivity index (χ0) is 14.9. The summed E-state index contributed by atoms with van der Waals surface area (Å²) < 4.78 is 24.3. The molecule has 3 heteroatoms. The normalized spacial score (nSPS) is 10.1. The van der Waals surface area contributed by atoms with Crippen molar-refractivity contribution < 1.29 is 13.9 Å². The van der Waals surface area contributed by atoms with Crippen molar-refractivity contribution >= 4 is 6.08 Å². The number of hydrogen-bond donors (Lipinski definition) is 0. The predicted molar refractivity (Wildman–Crippen MR) is 83.2 cm³/mol. The van der Waals surface area contributed by atoms with Gasteiger partial charge in [0, 0.05) is 0 Å². The van der Waals surface area contributed by atoms with Crippen LogP contribution in [0.25, 0.3) is 6.08 Å². The molecule has 0 aromatic heterocycles. The number of benzene rings is 2. The molecule has 0 saturated heterocycles. The summed E-state index contributed by atoms with van der Waals surface area (Å²) in [5.74, 6) is 0.824. The average molecular weight is 286 g/mol. The Bertz CT molecular complexity index is 564. The third-order valence-corrected chi connectivity index (χ3v) is 3.02. The van der Waals surface area contributed by atoms with Crippen LogP contribution in [0.2, 0.25) is 0 Å². The lowest BCUT2D eigenvalue weighted by atomic mass is 10.2. The minimum atomic E-state index is -0.323. The maximum Gasteiger partial charge on any atom is 0.165 e. The van der Waals surface area contributed by atoms with E-state index in [0.717, 1.165) is 24.2 Å². The highest BCUT2D eigenvalue weighted by molar-refractivity contribution is 5.48. The van der Waals surface area contributed by atoms with Crippen molar-refractivity contribution in [1.82, 2.24) is 0 Å². The highest BCUT2D eigenvalue weighted by Gasteiger charge is 2.00. The second-order valence-corrected chi connectivity index (χ2v) is 4.61. The Morgan fingerprint density at radius 2 is 1.57 bits per heavy atom. The van der Waals surface area contributed by atoms with Crippen LogP contribution in [0.4, 0.5) is 4.39 Å². The molecule has 0 unspecified atom stereocenters. The number of halogens is 1. The first-order valence-electron chi connectivity index (χ1n) is 7.02. The molecule has 0 spiro atoms. The third-order valence-electron chi connectivity index (χ3n) is 3.02. The highest BCUT2D eigenvalue weighted by atomic mass is 19.1. The Labute approximate surface area is 124 Å². The molecule has 2 aromatic carbocycles. The fourth-order valence-corrected chi connectivity index (χ4v) is 1.84. The molecule has 2 nitrogen and oxygen atoms in total. The van der Waals surface area contributed by atoms with Crippen molar-refractivity contribution in [3.8, 4) is 11.5 Å². The van der Waals surface area contributed by atoms with E-state index in [9.17, 15) is 4.39 Å². The lowest BCUT2D eigenvalue weighted by molar-refractivity contribution is 0.260. The van der Waals surface area contributed by atoms with Crippen molar-refractivity contribution in [2.75, 3.05) is 13.2 Å². The van der Waals surface area contributed by atoms with E-state index in [2.05, 4.69) is 6.58 Å². The number of para-hydroxylation sites is 1. The van der Waals surface area contributed by atoms with E-state index < -0.39 is 0 Å². The summed E-state index contributed by atoms with van der Waals surface area (Å²) in [6, 6.07) is 14.2. The molecule has 0 N–H and O–H groups in total. The lowest BCUT2D eigenvalue weighted by Crippen LogP contribution is -2.03. The van der Waals surface area contributed by atoms with Gasteiger partial charge in [0.1, 0.15) is 5.75 Å². The third kappa shape index (κ3) is 4.95. The minimum Gasteiger partial charge on any atom is -0.494 e. The van der Waals surface area contributed by atoms with Gasteiger partial charge >= 0.3 is 0 Å². The summed E-state index contributed by atoms with van der Waals surface area (Å²) in [5, 5.41) is 0. The van der Waals surface area contributed by atoms with E-state index in [1.54, 1.807) is 24.3 Å². The molecule has 2 aromatic rings. The van der Waals surface area contributed by atoms with Gasteiger partial charge in [0.2, 0.25) is 0 Å². The molecule has 0 heterocycles. The van der Waals surface area contributed by atoms with Gasteiger partial charge in [-0.05, 0) is 42.7 Å². The Morgan fingerprint density at radius 1 is 0.905 bits per heavy atom. The summed E-state index contributed by atoms with van der Waals surface area (Å²) in [6.07, 6.45) is 3.47. The maximum absolute atomic E-state index is 13.3. The molecule has 0 aliphatic heterocycles. The van der Waals surface area contributed by atoms with Crippen LogP contribution in [-0.2, 0) is 0 Å². The minimum absolute atomic E-state index is 0.304. The second-order valence-electron chi connectivity index (χ2n) is 4.61. The molecule has 0 aliphatic carbocycles. The second kappa shape index (κ2) is 8.10. The molecule has 0 amide bonds. The van der Waals surface area contributed by atoms with Gasteiger partial charge in [0.25, 0.3) is 0 Å². The number of unbranched alkanes of at least 4 members (excludes halogenated alkanes) is 1.